The van der Waals surface area contributed by atoms with Crippen molar-refractivity contribution in [1.29, 1.82) is 0 Å². The van der Waals surface area contributed by atoms with E-state index in [-0.39, 0.29) is 23.8 Å². The Labute approximate surface area is 154 Å². The summed E-state index contributed by atoms with van der Waals surface area (Å²) in [5.41, 5.74) is 1.05. The normalized spacial score (nSPS) is 27.5. The quantitative estimate of drug-likeness (QED) is 0.840. The van der Waals surface area contributed by atoms with Crippen molar-refractivity contribution in [3.05, 3.63) is 40.8 Å². The zero-order valence-electron chi connectivity index (χ0n) is 14.9. The lowest BCUT2D eigenvalue weighted by molar-refractivity contribution is -0.136. The lowest BCUT2D eigenvalue weighted by Crippen LogP contribution is -2.52. The molecule has 3 unspecified atom stereocenters. The van der Waals surface area contributed by atoms with Gasteiger partial charge in [0.05, 0.1) is 4.91 Å². The Morgan fingerprint density at radius 2 is 1.96 bits per heavy atom. The minimum atomic E-state index is -0.00830. The minimum absolute atomic E-state index is 0.00830. The van der Waals surface area contributed by atoms with E-state index in [1.54, 1.807) is 11.8 Å². The number of carbonyl (C=O) groups excluding carboxylic acids is 2. The zero-order chi connectivity index (χ0) is 17.8. The molecule has 5 heteroatoms. The van der Waals surface area contributed by atoms with E-state index in [9.17, 15) is 9.59 Å². The molecule has 1 aliphatic heterocycles. The molecule has 134 valence electrons. The molecule has 3 atom stereocenters. The fourth-order valence-electron chi connectivity index (χ4n) is 3.71. The van der Waals surface area contributed by atoms with Crippen molar-refractivity contribution in [3.63, 3.8) is 0 Å². The topological polar surface area (TPSA) is 49.4 Å². The highest BCUT2D eigenvalue weighted by Gasteiger charge is 2.40. The standard InChI is InChI=1S/C20H26N2O2S/c1-3-22(4-2)20(24)15-10-11-17-16(13-15)21-19(23)18(25-17)12-14-8-6-5-7-9-14/h5-9,12,15-17H,3-4,10-11,13H2,1-2H3,(H,21,23)/b18-12-. The van der Waals surface area contributed by atoms with Crippen molar-refractivity contribution in [2.24, 2.45) is 5.92 Å². The Morgan fingerprint density at radius 1 is 1.24 bits per heavy atom. The van der Waals surface area contributed by atoms with Crippen LogP contribution in [0.5, 0.6) is 0 Å². The predicted octanol–water partition coefficient (Wildman–Crippen LogP) is 3.30. The maximum atomic E-state index is 12.6. The Hall–Kier alpha value is -1.75. The van der Waals surface area contributed by atoms with Gasteiger partial charge in [-0.05, 0) is 44.7 Å². The summed E-state index contributed by atoms with van der Waals surface area (Å²) in [6, 6.07) is 10.0. The number of rotatable bonds is 4. The number of carbonyl (C=O) groups is 2. The van der Waals surface area contributed by atoms with Crippen LogP contribution in [0.4, 0.5) is 0 Å². The lowest BCUT2D eigenvalue weighted by atomic mass is 9.84. The Morgan fingerprint density at radius 3 is 2.64 bits per heavy atom. The molecule has 1 N–H and O–H groups in total. The first-order valence-corrected chi connectivity index (χ1v) is 10.0. The van der Waals surface area contributed by atoms with E-state index in [0.29, 0.717) is 5.25 Å². The number of hydrogen-bond acceptors (Lipinski definition) is 3. The lowest BCUT2D eigenvalue weighted by Gasteiger charge is -2.40. The summed E-state index contributed by atoms with van der Waals surface area (Å²) in [5.74, 6) is 0.279. The molecule has 2 fully saturated rings. The molecule has 0 aromatic heterocycles. The summed E-state index contributed by atoms with van der Waals surface area (Å²) >= 11 is 1.68. The van der Waals surface area contributed by atoms with E-state index in [1.165, 1.54) is 0 Å². The van der Waals surface area contributed by atoms with Crippen LogP contribution in [-0.4, -0.2) is 41.1 Å². The third-order valence-corrected chi connectivity index (χ3v) is 6.55. The Bertz CT molecular complexity index is 655. The van der Waals surface area contributed by atoms with Gasteiger partial charge in [-0.2, -0.15) is 0 Å². The summed E-state index contributed by atoms with van der Waals surface area (Å²) in [6.07, 6.45) is 4.61. The first-order chi connectivity index (χ1) is 12.1. The molecular formula is C20H26N2O2S. The molecule has 4 nitrogen and oxygen atoms in total. The van der Waals surface area contributed by atoms with Crippen LogP contribution in [0, 0.1) is 5.92 Å². The smallest absolute Gasteiger partial charge is 0.257 e. The Balaban J connectivity index is 1.67. The molecule has 1 saturated heterocycles. The van der Waals surface area contributed by atoms with E-state index in [1.807, 2.05) is 55.2 Å². The number of hydrogen-bond donors (Lipinski definition) is 1. The summed E-state index contributed by atoms with van der Waals surface area (Å²) in [4.78, 5) is 27.8. The molecule has 0 bridgehead atoms. The van der Waals surface area contributed by atoms with Crippen molar-refractivity contribution >= 4 is 29.7 Å². The third-order valence-electron chi connectivity index (χ3n) is 5.13. The van der Waals surface area contributed by atoms with Gasteiger partial charge in [0, 0.05) is 30.3 Å². The molecule has 1 aliphatic carbocycles. The highest BCUT2D eigenvalue weighted by atomic mass is 32.2. The van der Waals surface area contributed by atoms with Crippen LogP contribution in [0.15, 0.2) is 35.2 Å². The van der Waals surface area contributed by atoms with Crippen LogP contribution in [-0.2, 0) is 9.59 Å². The fourth-order valence-corrected chi connectivity index (χ4v) is 5.00. The molecule has 1 saturated carbocycles. The summed E-state index contributed by atoms with van der Waals surface area (Å²) in [5, 5.41) is 3.52. The molecule has 1 aromatic carbocycles. The minimum Gasteiger partial charge on any atom is -0.348 e. The summed E-state index contributed by atoms with van der Waals surface area (Å²) < 4.78 is 0. The first-order valence-electron chi connectivity index (χ1n) is 9.15. The van der Waals surface area contributed by atoms with Crippen LogP contribution in [0.2, 0.25) is 0 Å². The highest BCUT2D eigenvalue weighted by Crippen LogP contribution is 2.40. The molecule has 3 rings (SSSR count). The van der Waals surface area contributed by atoms with Gasteiger partial charge in [0.15, 0.2) is 0 Å². The number of nitrogens with one attached hydrogen (secondary N) is 1. The summed E-state index contributed by atoms with van der Waals surface area (Å²) in [6.45, 7) is 5.55. The average Bonchev–Trinajstić information content (AvgIpc) is 2.63. The van der Waals surface area contributed by atoms with Gasteiger partial charge in [0.25, 0.3) is 5.91 Å². The van der Waals surface area contributed by atoms with Crippen molar-refractivity contribution in [1.82, 2.24) is 10.2 Å². The number of nitrogens with zero attached hydrogens (tertiary/aromatic N) is 1. The second-order valence-electron chi connectivity index (χ2n) is 6.68. The largest absolute Gasteiger partial charge is 0.348 e. The van der Waals surface area contributed by atoms with Gasteiger partial charge >= 0.3 is 0 Å². The number of fused-ring (bicyclic) bond motifs is 1. The fraction of sp³-hybridized carbons (Fsp3) is 0.500. The van der Waals surface area contributed by atoms with E-state index >= 15 is 0 Å². The monoisotopic (exact) mass is 358 g/mol. The van der Waals surface area contributed by atoms with Crippen molar-refractivity contribution in [2.75, 3.05) is 13.1 Å². The second-order valence-corrected chi connectivity index (χ2v) is 7.96. The van der Waals surface area contributed by atoms with Crippen LogP contribution in [0.25, 0.3) is 6.08 Å². The average molecular weight is 359 g/mol. The van der Waals surface area contributed by atoms with Gasteiger partial charge in [-0.25, -0.2) is 0 Å². The van der Waals surface area contributed by atoms with E-state index in [0.717, 1.165) is 42.8 Å². The van der Waals surface area contributed by atoms with Crippen molar-refractivity contribution < 1.29 is 9.59 Å². The van der Waals surface area contributed by atoms with Gasteiger partial charge in [0.1, 0.15) is 0 Å². The Kier molecular flexibility index (Phi) is 5.84. The first kappa shape index (κ1) is 18.1. The maximum absolute atomic E-state index is 12.6. The van der Waals surface area contributed by atoms with Gasteiger partial charge in [-0.15, -0.1) is 11.8 Å². The van der Waals surface area contributed by atoms with Gasteiger partial charge in [0.2, 0.25) is 5.91 Å². The zero-order valence-corrected chi connectivity index (χ0v) is 15.7. The molecule has 25 heavy (non-hydrogen) atoms. The number of benzene rings is 1. The molecule has 0 spiro atoms. The predicted molar refractivity (Wildman–Crippen MR) is 103 cm³/mol. The van der Waals surface area contributed by atoms with Crippen LogP contribution >= 0.6 is 11.8 Å². The highest BCUT2D eigenvalue weighted by molar-refractivity contribution is 8.04. The molecular weight excluding hydrogens is 332 g/mol. The maximum Gasteiger partial charge on any atom is 0.257 e. The van der Waals surface area contributed by atoms with Crippen molar-refractivity contribution in [3.8, 4) is 0 Å². The number of amides is 2. The molecule has 2 amide bonds. The molecule has 0 radical (unpaired) electrons. The second kappa shape index (κ2) is 8.09. The van der Waals surface area contributed by atoms with Crippen LogP contribution in [0.3, 0.4) is 0 Å². The van der Waals surface area contributed by atoms with Gasteiger partial charge in [-0.3, -0.25) is 9.59 Å². The van der Waals surface area contributed by atoms with Gasteiger partial charge < -0.3 is 10.2 Å². The molecule has 1 heterocycles. The molecule has 1 aromatic rings. The third kappa shape index (κ3) is 4.09. The van der Waals surface area contributed by atoms with Crippen LogP contribution in [0.1, 0.15) is 38.7 Å². The number of thioether (sulfide) groups is 1. The molecule has 2 aliphatic rings. The van der Waals surface area contributed by atoms with E-state index < -0.39 is 0 Å². The van der Waals surface area contributed by atoms with Crippen LogP contribution < -0.4 is 5.32 Å². The van der Waals surface area contributed by atoms with E-state index in [4.69, 9.17) is 0 Å². The summed E-state index contributed by atoms with van der Waals surface area (Å²) in [7, 11) is 0. The SMILES string of the molecule is CCN(CC)C(=O)C1CCC2S/C(=C\c3ccccc3)C(=O)NC2C1. The van der Waals surface area contributed by atoms with Gasteiger partial charge in [-0.1, -0.05) is 30.3 Å². The van der Waals surface area contributed by atoms with Crippen molar-refractivity contribution in [2.45, 2.75) is 44.4 Å². The van der Waals surface area contributed by atoms with E-state index in [2.05, 4.69) is 5.32 Å².